The molecule has 0 radical (unpaired) electrons. The minimum atomic E-state index is 0.649. The zero-order valence-electron chi connectivity index (χ0n) is 11.5. The Bertz CT molecular complexity index is 546. The number of hydrogen-bond donors (Lipinski definition) is 1. The summed E-state index contributed by atoms with van der Waals surface area (Å²) in [5.41, 5.74) is 5.50. The Morgan fingerprint density at radius 2 is 2.16 bits per heavy atom. The molecule has 0 saturated heterocycles. The molecule has 1 N–H and O–H groups in total. The second-order valence-electron chi connectivity index (χ2n) is 5.48. The van der Waals surface area contributed by atoms with Crippen molar-refractivity contribution in [3.05, 3.63) is 40.6 Å². The molecule has 0 aliphatic carbocycles. The highest BCUT2D eigenvalue weighted by Crippen LogP contribution is 2.37. The SMILES string of the molecule is CN(C)CC[C@H]1CNc2ccc(-c3ccsc3)cc21. The minimum absolute atomic E-state index is 0.649. The largest absolute Gasteiger partial charge is 0.384 e. The van der Waals surface area contributed by atoms with Gasteiger partial charge in [0.25, 0.3) is 0 Å². The Hall–Kier alpha value is -1.32. The van der Waals surface area contributed by atoms with Crippen LogP contribution in [-0.4, -0.2) is 32.1 Å². The molecular weight excluding hydrogens is 252 g/mol. The molecule has 1 aliphatic rings. The van der Waals surface area contributed by atoms with Crippen LogP contribution in [0.4, 0.5) is 5.69 Å². The molecule has 3 heteroatoms. The first-order valence-corrected chi connectivity index (χ1v) is 7.73. The van der Waals surface area contributed by atoms with E-state index in [4.69, 9.17) is 0 Å². The third-order valence-electron chi connectivity index (χ3n) is 3.81. The maximum absolute atomic E-state index is 3.53. The van der Waals surface area contributed by atoms with Gasteiger partial charge in [0.2, 0.25) is 0 Å². The highest BCUT2D eigenvalue weighted by molar-refractivity contribution is 7.08. The zero-order chi connectivity index (χ0) is 13.2. The molecule has 1 aromatic carbocycles. The van der Waals surface area contributed by atoms with Crippen LogP contribution in [0.15, 0.2) is 35.0 Å². The number of rotatable bonds is 4. The second kappa shape index (κ2) is 5.35. The first kappa shape index (κ1) is 12.7. The Morgan fingerprint density at radius 3 is 2.89 bits per heavy atom. The van der Waals surface area contributed by atoms with Crippen LogP contribution in [-0.2, 0) is 0 Å². The summed E-state index contributed by atoms with van der Waals surface area (Å²) in [6.45, 7) is 2.23. The van der Waals surface area contributed by atoms with Gasteiger partial charge in [-0.05, 0) is 72.7 Å². The van der Waals surface area contributed by atoms with Gasteiger partial charge in [0.05, 0.1) is 0 Å². The quantitative estimate of drug-likeness (QED) is 0.908. The Labute approximate surface area is 119 Å². The van der Waals surface area contributed by atoms with Crippen LogP contribution in [0.1, 0.15) is 17.9 Å². The van der Waals surface area contributed by atoms with Crippen molar-refractivity contribution in [1.29, 1.82) is 0 Å². The highest BCUT2D eigenvalue weighted by Gasteiger charge is 2.22. The lowest BCUT2D eigenvalue weighted by Crippen LogP contribution is -2.16. The smallest absolute Gasteiger partial charge is 0.0376 e. The molecule has 1 aromatic heterocycles. The molecule has 1 aliphatic heterocycles. The van der Waals surface area contributed by atoms with Crippen molar-refractivity contribution in [1.82, 2.24) is 4.90 Å². The average Bonchev–Trinajstić information content (AvgIpc) is 3.05. The summed E-state index contributed by atoms with van der Waals surface area (Å²) in [7, 11) is 4.29. The van der Waals surface area contributed by atoms with Crippen LogP contribution in [0.3, 0.4) is 0 Å². The molecule has 0 saturated carbocycles. The first-order chi connectivity index (χ1) is 9.24. The normalized spacial score (nSPS) is 17.5. The molecule has 100 valence electrons. The van der Waals surface area contributed by atoms with E-state index in [0.29, 0.717) is 5.92 Å². The van der Waals surface area contributed by atoms with E-state index < -0.39 is 0 Å². The van der Waals surface area contributed by atoms with Crippen molar-refractivity contribution >= 4 is 17.0 Å². The summed E-state index contributed by atoms with van der Waals surface area (Å²) in [6, 6.07) is 9.03. The lowest BCUT2D eigenvalue weighted by Gasteiger charge is -2.14. The van der Waals surface area contributed by atoms with E-state index in [1.54, 1.807) is 11.3 Å². The fraction of sp³-hybridized carbons (Fsp3) is 0.375. The van der Waals surface area contributed by atoms with Crippen molar-refractivity contribution in [2.45, 2.75) is 12.3 Å². The van der Waals surface area contributed by atoms with Crippen LogP contribution >= 0.6 is 11.3 Å². The summed E-state index contributed by atoms with van der Waals surface area (Å²) in [5.74, 6) is 0.649. The van der Waals surface area contributed by atoms with Crippen molar-refractivity contribution in [3.63, 3.8) is 0 Å². The lowest BCUT2D eigenvalue weighted by molar-refractivity contribution is 0.386. The predicted octanol–water partition coefficient (Wildman–Crippen LogP) is 3.88. The molecular formula is C16H20N2S. The van der Waals surface area contributed by atoms with Gasteiger partial charge in [-0.1, -0.05) is 6.07 Å². The number of thiophene rings is 1. The minimum Gasteiger partial charge on any atom is -0.384 e. The molecule has 19 heavy (non-hydrogen) atoms. The number of hydrogen-bond acceptors (Lipinski definition) is 3. The molecule has 0 fully saturated rings. The highest BCUT2D eigenvalue weighted by atomic mass is 32.1. The summed E-state index contributed by atoms with van der Waals surface area (Å²) in [6.07, 6.45) is 1.22. The molecule has 2 nitrogen and oxygen atoms in total. The third-order valence-corrected chi connectivity index (χ3v) is 4.49. The van der Waals surface area contributed by atoms with Crippen LogP contribution in [0, 0.1) is 0 Å². The monoisotopic (exact) mass is 272 g/mol. The van der Waals surface area contributed by atoms with Gasteiger partial charge in [0.15, 0.2) is 0 Å². The van der Waals surface area contributed by atoms with Gasteiger partial charge in [0.1, 0.15) is 0 Å². The van der Waals surface area contributed by atoms with Crippen LogP contribution in [0.2, 0.25) is 0 Å². The number of anilines is 1. The fourth-order valence-electron chi connectivity index (χ4n) is 2.68. The predicted molar refractivity (Wildman–Crippen MR) is 84.2 cm³/mol. The van der Waals surface area contributed by atoms with Gasteiger partial charge < -0.3 is 10.2 Å². The van der Waals surface area contributed by atoms with E-state index in [1.165, 1.54) is 28.8 Å². The van der Waals surface area contributed by atoms with Gasteiger partial charge >= 0.3 is 0 Å². The Balaban J connectivity index is 1.85. The van der Waals surface area contributed by atoms with Crippen LogP contribution < -0.4 is 5.32 Å². The number of nitrogens with one attached hydrogen (secondary N) is 1. The first-order valence-electron chi connectivity index (χ1n) is 6.79. The van der Waals surface area contributed by atoms with Gasteiger partial charge in [-0.2, -0.15) is 11.3 Å². The number of benzene rings is 1. The molecule has 2 heterocycles. The molecule has 0 spiro atoms. The van der Waals surface area contributed by atoms with E-state index in [2.05, 4.69) is 59.3 Å². The van der Waals surface area contributed by atoms with Crippen molar-refractivity contribution in [2.24, 2.45) is 0 Å². The summed E-state index contributed by atoms with van der Waals surface area (Å²) in [5, 5.41) is 7.89. The molecule has 0 bridgehead atoms. The van der Waals surface area contributed by atoms with E-state index in [0.717, 1.165) is 13.1 Å². The van der Waals surface area contributed by atoms with E-state index in [1.807, 2.05) is 0 Å². The Morgan fingerprint density at radius 1 is 1.26 bits per heavy atom. The molecule has 2 aromatic rings. The topological polar surface area (TPSA) is 15.3 Å². The lowest BCUT2D eigenvalue weighted by atomic mass is 9.95. The Kier molecular flexibility index (Phi) is 3.58. The van der Waals surface area contributed by atoms with Gasteiger partial charge in [-0.25, -0.2) is 0 Å². The average molecular weight is 272 g/mol. The summed E-state index contributed by atoms with van der Waals surface area (Å²) < 4.78 is 0. The van der Waals surface area contributed by atoms with Crippen LogP contribution in [0.5, 0.6) is 0 Å². The molecule has 3 rings (SSSR count). The molecule has 0 unspecified atom stereocenters. The second-order valence-corrected chi connectivity index (χ2v) is 6.26. The van der Waals surface area contributed by atoms with Crippen molar-refractivity contribution < 1.29 is 0 Å². The van der Waals surface area contributed by atoms with Gasteiger partial charge in [-0.15, -0.1) is 0 Å². The van der Waals surface area contributed by atoms with Crippen LogP contribution in [0.25, 0.3) is 11.1 Å². The number of nitrogens with zero attached hydrogens (tertiary/aromatic N) is 1. The van der Waals surface area contributed by atoms with Crippen molar-refractivity contribution in [3.8, 4) is 11.1 Å². The molecule has 0 amide bonds. The fourth-order valence-corrected chi connectivity index (χ4v) is 3.35. The standard InChI is InChI=1S/C16H20N2S/c1-18(2)7-5-13-10-17-16-4-3-12(9-15(13)16)14-6-8-19-11-14/h3-4,6,8-9,11,13,17H,5,7,10H2,1-2H3/t13-/m0/s1. The van der Waals surface area contributed by atoms with Gasteiger partial charge in [-0.3, -0.25) is 0 Å². The number of fused-ring (bicyclic) bond motifs is 1. The van der Waals surface area contributed by atoms with E-state index >= 15 is 0 Å². The third kappa shape index (κ3) is 2.67. The maximum atomic E-state index is 3.53. The molecule has 1 atom stereocenters. The van der Waals surface area contributed by atoms with Crippen molar-refractivity contribution in [2.75, 3.05) is 32.5 Å². The summed E-state index contributed by atoms with van der Waals surface area (Å²) in [4.78, 5) is 2.26. The zero-order valence-corrected chi connectivity index (χ0v) is 12.3. The van der Waals surface area contributed by atoms with E-state index in [-0.39, 0.29) is 0 Å². The van der Waals surface area contributed by atoms with Gasteiger partial charge in [0, 0.05) is 18.2 Å². The summed E-state index contributed by atoms with van der Waals surface area (Å²) >= 11 is 1.76. The maximum Gasteiger partial charge on any atom is 0.0376 e. The van der Waals surface area contributed by atoms with E-state index in [9.17, 15) is 0 Å².